The third kappa shape index (κ3) is 4.70. The van der Waals surface area contributed by atoms with Crippen molar-refractivity contribution < 1.29 is 14.7 Å². The first-order valence-corrected chi connectivity index (χ1v) is 9.15. The van der Waals surface area contributed by atoms with Gasteiger partial charge in [-0.25, -0.2) is 0 Å². The molecule has 1 aliphatic rings. The molecule has 1 aliphatic heterocycles. The van der Waals surface area contributed by atoms with E-state index < -0.39 is 5.92 Å². The zero-order valence-corrected chi connectivity index (χ0v) is 16.0. The molecule has 26 heavy (non-hydrogen) atoms. The number of aliphatic hydroxyl groups is 1. The Morgan fingerprint density at radius 1 is 1.31 bits per heavy atom. The highest BCUT2D eigenvalue weighted by molar-refractivity contribution is 5.98. The summed E-state index contributed by atoms with van der Waals surface area (Å²) in [6.07, 6.45) is 0.916. The Bertz CT molecular complexity index is 697. The van der Waals surface area contributed by atoms with Gasteiger partial charge in [0, 0.05) is 30.5 Å². The summed E-state index contributed by atoms with van der Waals surface area (Å²) in [7, 11) is 0. The number of hydrogen-bond acceptors (Lipinski definition) is 4. The average Bonchev–Trinajstić information content (AvgIpc) is 2.60. The van der Waals surface area contributed by atoms with Gasteiger partial charge in [0.05, 0.1) is 17.7 Å². The molecule has 1 heterocycles. The molecular formula is C21H28N2O3. The summed E-state index contributed by atoms with van der Waals surface area (Å²) in [5, 5.41) is 18.8. The van der Waals surface area contributed by atoms with Crippen LogP contribution in [0, 0.1) is 22.7 Å². The number of Topliss-reactive ketones (excluding diaryl/α,β-unsaturated/α-hetero) is 1. The van der Waals surface area contributed by atoms with E-state index in [-0.39, 0.29) is 35.7 Å². The molecule has 0 radical (unpaired) electrons. The molecule has 140 valence electrons. The number of nitrogens with zero attached hydrogens (tertiary/aromatic N) is 2. The molecule has 1 saturated heterocycles. The monoisotopic (exact) mass is 356 g/mol. The summed E-state index contributed by atoms with van der Waals surface area (Å²) in [5.41, 5.74) is 0.893. The Balaban J connectivity index is 2.07. The number of hydrogen-bond donors (Lipinski definition) is 1. The van der Waals surface area contributed by atoms with Crippen LogP contribution >= 0.6 is 0 Å². The van der Waals surface area contributed by atoms with Gasteiger partial charge in [0.1, 0.15) is 0 Å². The van der Waals surface area contributed by atoms with Crippen LogP contribution < -0.4 is 0 Å². The van der Waals surface area contributed by atoms with Crippen LogP contribution in [-0.4, -0.2) is 40.4 Å². The number of rotatable bonds is 4. The predicted molar refractivity (Wildman–Crippen MR) is 99.5 cm³/mol. The minimum atomic E-state index is -0.418. The number of benzene rings is 1. The first-order chi connectivity index (χ1) is 12.1. The number of amides is 1. The first-order valence-electron chi connectivity index (χ1n) is 9.15. The number of nitriles is 1. The van der Waals surface area contributed by atoms with Crippen molar-refractivity contribution >= 4 is 11.7 Å². The van der Waals surface area contributed by atoms with Crippen LogP contribution in [0.5, 0.6) is 0 Å². The average molecular weight is 356 g/mol. The number of aliphatic hydroxyl groups excluding tert-OH is 1. The van der Waals surface area contributed by atoms with Crippen molar-refractivity contribution in [1.29, 1.82) is 5.26 Å². The molecule has 1 fully saturated rings. The van der Waals surface area contributed by atoms with Gasteiger partial charge >= 0.3 is 0 Å². The Kier molecular flexibility index (Phi) is 6.20. The van der Waals surface area contributed by atoms with Crippen LogP contribution in [0.15, 0.2) is 24.3 Å². The van der Waals surface area contributed by atoms with Gasteiger partial charge in [0.25, 0.3) is 0 Å². The lowest BCUT2D eigenvalue weighted by Gasteiger charge is -2.45. The highest BCUT2D eigenvalue weighted by Gasteiger charge is 2.39. The Morgan fingerprint density at radius 2 is 1.92 bits per heavy atom. The molecule has 0 saturated carbocycles. The van der Waals surface area contributed by atoms with E-state index >= 15 is 0 Å². The number of piperidine rings is 1. The Labute approximate surface area is 155 Å². The van der Waals surface area contributed by atoms with Crippen molar-refractivity contribution in [1.82, 2.24) is 4.90 Å². The van der Waals surface area contributed by atoms with Gasteiger partial charge in [-0.15, -0.1) is 0 Å². The molecule has 1 N–H and O–H groups in total. The molecule has 0 aromatic heterocycles. The highest BCUT2D eigenvalue weighted by atomic mass is 16.3. The molecule has 0 spiro atoms. The second kappa shape index (κ2) is 8.01. The fourth-order valence-corrected chi connectivity index (χ4v) is 3.53. The number of likely N-dealkylation sites (tertiary alicyclic amines) is 1. The maximum atomic E-state index is 13.0. The largest absolute Gasteiger partial charge is 0.393 e. The van der Waals surface area contributed by atoms with Crippen LogP contribution in [0.3, 0.4) is 0 Å². The van der Waals surface area contributed by atoms with Gasteiger partial charge < -0.3 is 10.0 Å². The van der Waals surface area contributed by atoms with E-state index in [2.05, 4.69) is 20.8 Å². The van der Waals surface area contributed by atoms with Crippen molar-refractivity contribution in [3.8, 4) is 6.07 Å². The van der Waals surface area contributed by atoms with Crippen LogP contribution in [0.1, 0.15) is 62.9 Å². The minimum absolute atomic E-state index is 0.0289. The van der Waals surface area contributed by atoms with Crippen molar-refractivity contribution in [2.75, 3.05) is 6.54 Å². The number of carbonyl (C=O) groups is 2. The molecular weight excluding hydrogens is 328 g/mol. The predicted octanol–water partition coefficient (Wildman–Crippen LogP) is 3.17. The molecule has 1 amide bonds. The van der Waals surface area contributed by atoms with Gasteiger partial charge in [-0.2, -0.15) is 5.26 Å². The van der Waals surface area contributed by atoms with Gasteiger partial charge in [-0.1, -0.05) is 39.8 Å². The minimum Gasteiger partial charge on any atom is -0.393 e. The van der Waals surface area contributed by atoms with Crippen molar-refractivity contribution in [2.24, 2.45) is 11.3 Å². The fraction of sp³-hybridized carbons (Fsp3) is 0.571. The third-order valence-corrected chi connectivity index (χ3v) is 5.11. The molecule has 0 bridgehead atoms. The summed E-state index contributed by atoms with van der Waals surface area (Å²) in [5.74, 6) is -0.545. The zero-order valence-electron chi connectivity index (χ0n) is 16.0. The SMILES string of the molecule is CC(CC(=O)c1ccc(C#N)cc1)C(=O)N1CC[C@@H](O)CC1C(C)(C)C. The maximum Gasteiger partial charge on any atom is 0.226 e. The fourth-order valence-electron chi connectivity index (χ4n) is 3.53. The van der Waals surface area contributed by atoms with E-state index in [4.69, 9.17) is 5.26 Å². The van der Waals surface area contributed by atoms with E-state index in [0.29, 0.717) is 30.5 Å². The molecule has 1 aromatic rings. The topological polar surface area (TPSA) is 81.4 Å². The smallest absolute Gasteiger partial charge is 0.226 e. The second-order valence-electron chi connectivity index (χ2n) is 8.31. The zero-order chi connectivity index (χ0) is 19.5. The van der Waals surface area contributed by atoms with E-state index in [1.54, 1.807) is 31.2 Å². The molecule has 2 unspecified atom stereocenters. The van der Waals surface area contributed by atoms with Crippen molar-refractivity contribution in [3.63, 3.8) is 0 Å². The van der Waals surface area contributed by atoms with E-state index in [1.807, 2.05) is 11.0 Å². The van der Waals surface area contributed by atoms with Crippen molar-refractivity contribution in [3.05, 3.63) is 35.4 Å². The molecule has 5 heteroatoms. The highest BCUT2D eigenvalue weighted by Crippen LogP contribution is 2.33. The second-order valence-corrected chi connectivity index (χ2v) is 8.31. The molecule has 2 rings (SSSR count). The lowest BCUT2D eigenvalue weighted by molar-refractivity contribution is -0.144. The van der Waals surface area contributed by atoms with Crippen molar-refractivity contribution in [2.45, 2.75) is 59.1 Å². The standard InChI is InChI=1S/C21H28N2O3/c1-14(11-18(25)16-7-5-15(13-22)6-8-16)20(26)23-10-9-17(24)12-19(23)21(2,3)4/h5-8,14,17,19,24H,9-12H2,1-4H3/t14?,17-,19?/m1/s1. The van der Waals surface area contributed by atoms with Crippen LogP contribution in [0.25, 0.3) is 0 Å². The van der Waals surface area contributed by atoms with Gasteiger partial charge in [0.2, 0.25) is 5.91 Å². The summed E-state index contributed by atoms with van der Waals surface area (Å²) in [6.45, 7) is 8.53. The molecule has 5 nitrogen and oxygen atoms in total. The molecule has 3 atom stereocenters. The normalized spacial score (nSPS) is 21.8. The lowest BCUT2D eigenvalue weighted by Crippen LogP contribution is -2.54. The number of ketones is 1. The van der Waals surface area contributed by atoms with Crippen LogP contribution in [-0.2, 0) is 4.79 Å². The van der Waals surface area contributed by atoms with Gasteiger partial charge in [0.15, 0.2) is 5.78 Å². The summed E-state index contributed by atoms with van der Waals surface area (Å²) < 4.78 is 0. The first kappa shape index (κ1) is 20.1. The van der Waals surface area contributed by atoms with Gasteiger partial charge in [-0.3, -0.25) is 9.59 Å². The van der Waals surface area contributed by atoms with Gasteiger partial charge in [-0.05, 0) is 30.4 Å². The summed E-state index contributed by atoms with van der Waals surface area (Å²) in [6, 6.07) is 8.48. The van der Waals surface area contributed by atoms with E-state index in [1.165, 1.54) is 0 Å². The van der Waals surface area contributed by atoms with Crippen LogP contribution in [0.2, 0.25) is 0 Å². The van der Waals surface area contributed by atoms with Crippen LogP contribution in [0.4, 0.5) is 0 Å². The number of carbonyl (C=O) groups excluding carboxylic acids is 2. The molecule has 1 aromatic carbocycles. The maximum absolute atomic E-state index is 13.0. The molecule has 0 aliphatic carbocycles. The summed E-state index contributed by atoms with van der Waals surface area (Å²) >= 11 is 0. The van der Waals surface area contributed by atoms with E-state index in [9.17, 15) is 14.7 Å². The third-order valence-electron chi connectivity index (χ3n) is 5.11. The Morgan fingerprint density at radius 3 is 2.46 bits per heavy atom. The summed E-state index contributed by atoms with van der Waals surface area (Å²) in [4.78, 5) is 27.3. The Hall–Kier alpha value is -2.19. The van der Waals surface area contributed by atoms with E-state index in [0.717, 1.165) is 0 Å². The lowest BCUT2D eigenvalue weighted by atomic mass is 9.79. The quantitative estimate of drug-likeness (QED) is 0.840.